The molecule has 2 amide bonds. The van der Waals surface area contributed by atoms with Crippen LogP contribution in [0.2, 0.25) is 0 Å². The highest BCUT2D eigenvalue weighted by atomic mass is 16.5. The molecule has 0 unspecified atom stereocenters. The molecule has 0 radical (unpaired) electrons. The SMILES string of the molecule is CCCN(CC(=O)Nc1ccccc1C)C(=O)COC(=O)c1ccc(Cn2cccn2)o1. The number of nitrogens with zero attached hydrogens (tertiary/aromatic N) is 3. The van der Waals surface area contributed by atoms with Crippen molar-refractivity contribution in [3.8, 4) is 0 Å². The largest absolute Gasteiger partial charge is 0.452 e. The number of para-hydroxylation sites is 1. The summed E-state index contributed by atoms with van der Waals surface area (Å²) in [6.45, 7) is 3.92. The van der Waals surface area contributed by atoms with Crippen LogP contribution < -0.4 is 5.32 Å². The molecule has 0 aliphatic heterocycles. The molecule has 3 rings (SSSR count). The van der Waals surface area contributed by atoms with Gasteiger partial charge in [-0.2, -0.15) is 5.10 Å². The van der Waals surface area contributed by atoms with Crippen LogP contribution in [0.15, 0.2) is 59.3 Å². The molecular formula is C23H26N4O5. The second-order valence-corrected chi connectivity index (χ2v) is 7.22. The van der Waals surface area contributed by atoms with Crippen LogP contribution in [-0.2, 0) is 20.9 Å². The zero-order chi connectivity index (χ0) is 22.9. The molecule has 9 heteroatoms. The van der Waals surface area contributed by atoms with E-state index in [-0.39, 0.29) is 18.2 Å². The number of ether oxygens (including phenoxy) is 1. The lowest BCUT2D eigenvalue weighted by Crippen LogP contribution is -2.40. The highest BCUT2D eigenvalue weighted by Crippen LogP contribution is 2.13. The Bertz CT molecular complexity index is 1060. The first-order valence-electron chi connectivity index (χ1n) is 10.3. The standard InChI is InChI=1S/C23H26N4O5/c1-3-12-26(15-21(28)25-19-8-5-4-7-17(19)2)22(29)16-31-23(30)20-10-9-18(32-20)14-27-13-6-11-24-27/h4-11,13H,3,12,14-16H2,1-2H3,(H,25,28). The summed E-state index contributed by atoms with van der Waals surface area (Å²) in [6.07, 6.45) is 4.08. The highest BCUT2D eigenvalue weighted by molar-refractivity contribution is 5.95. The summed E-state index contributed by atoms with van der Waals surface area (Å²) in [6, 6.07) is 12.3. The Morgan fingerprint density at radius 3 is 2.69 bits per heavy atom. The van der Waals surface area contributed by atoms with E-state index in [2.05, 4.69) is 10.4 Å². The molecule has 32 heavy (non-hydrogen) atoms. The third kappa shape index (κ3) is 6.31. The third-order valence-electron chi connectivity index (χ3n) is 4.67. The fourth-order valence-corrected chi connectivity index (χ4v) is 3.05. The number of furan rings is 1. The van der Waals surface area contributed by atoms with Gasteiger partial charge in [-0.15, -0.1) is 0 Å². The van der Waals surface area contributed by atoms with Gasteiger partial charge in [0, 0.05) is 24.6 Å². The number of anilines is 1. The third-order valence-corrected chi connectivity index (χ3v) is 4.67. The highest BCUT2D eigenvalue weighted by Gasteiger charge is 2.20. The van der Waals surface area contributed by atoms with Crippen molar-refractivity contribution in [3.63, 3.8) is 0 Å². The molecule has 0 aliphatic rings. The number of aryl methyl sites for hydroxylation is 1. The van der Waals surface area contributed by atoms with Gasteiger partial charge in [-0.05, 0) is 43.2 Å². The maximum Gasteiger partial charge on any atom is 0.374 e. The van der Waals surface area contributed by atoms with Crippen LogP contribution in [0.25, 0.3) is 0 Å². The molecular weight excluding hydrogens is 412 g/mol. The van der Waals surface area contributed by atoms with E-state index >= 15 is 0 Å². The van der Waals surface area contributed by atoms with Crippen molar-refractivity contribution < 1.29 is 23.5 Å². The van der Waals surface area contributed by atoms with Crippen molar-refractivity contribution in [1.82, 2.24) is 14.7 Å². The van der Waals surface area contributed by atoms with Crippen molar-refractivity contribution in [2.24, 2.45) is 0 Å². The molecule has 0 saturated heterocycles. The summed E-state index contributed by atoms with van der Waals surface area (Å²) in [7, 11) is 0. The molecule has 168 valence electrons. The Balaban J connectivity index is 1.51. The minimum atomic E-state index is -0.745. The summed E-state index contributed by atoms with van der Waals surface area (Å²) in [5, 5.41) is 6.88. The molecule has 0 bridgehead atoms. The van der Waals surface area contributed by atoms with Gasteiger partial charge >= 0.3 is 5.97 Å². The zero-order valence-corrected chi connectivity index (χ0v) is 18.1. The van der Waals surface area contributed by atoms with Crippen LogP contribution in [0.5, 0.6) is 0 Å². The second kappa shape index (κ2) is 10.9. The molecule has 2 heterocycles. The number of hydrogen-bond donors (Lipinski definition) is 1. The average molecular weight is 438 g/mol. The van der Waals surface area contributed by atoms with E-state index in [9.17, 15) is 14.4 Å². The van der Waals surface area contributed by atoms with Gasteiger partial charge in [0.25, 0.3) is 5.91 Å². The fraction of sp³-hybridized carbons (Fsp3) is 0.304. The predicted octanol–water partition coefficient (Wildman–Crippen LogP) is 2.87. The number of nitrogens with one attached hydrogen (secondary N) is 1. The van der Waals surface area contributed by atoms with Crippen molar-refractivity contribution in [2.45, 2.75) is 26.8 Å². The first-order chi connectivity index (χ1) is 15.5. The first-order valence-corrected chi connectivity index (χ1v) is 10.3. The lowest BCUT2D eigenvalue weighted by Gasteiger charge is -2.21. The Morgan fingerprint density at radius 1 is 1.16 bits per heavy atom. The molecule has 9 nitrogen and oxygen atoms in total. The van der Waals surface area contributed by atoms with E-state index in [4.69, 9.17) is 9.15 Å². The number of hydrogen-bond acceptors (Lipinski definition) is 6. The number of carbonyl (C=O) groups excluding carboxylic acids is 3. The summed E-state index contributed by atoms with van der Waals surface area (Å²) >= 11 is 0. The van der Waals surface area contributed by atoms with E-state index in [0.29, 0.717) is 31.0 Å². The van der Waals surface area contributed by atoms with Gasteiger partial charge in [0.05, 0.1) is 13.1 Å². The van der Waals surface area contributed by atoms with Gasteiger partial charge in [-0.3, -0.25) is 14.3 Å². The topological polar surface area (TPSA) is 107 Å². The minimum Gasteiger partial charge on any atom is -0.452 e. The maximum absolute atomic E-state index is 12.6. The van der Waals surface area contributed by atoms with E-state index in [1.54, 1.807) is 35.3 Å². The number of amides is 2. The van der Waals surface area contributed by atoms with Gasteiger partial charge in [0.2, 0.25) is 11.7 Å². The van der Waals surface area contributed by atoms with Gasteiger partial charge in [-0.25, -0.2) is 4.79 Å². The van der Waals surface area contributed by atoms with Crippen molar-refractivity contribution in [2.75, 3.05) is 25.0 Å². The quantitative estimate of drug-likeness (QED) is 0.488. The number of carbonyl (C=O) groups is 3. The minimum absolute atomic E-state index is 0.000654. The van der Waals surface area contributed by atoms with Gasteiger partial charge in [0.1, 0.15) is 5.76 Å². The Morgan fingerprint density at radius 2 is 1.97 bits per heavy atom. The number of rotatable bonds is 10. The zero-order valence-electron chi connectivity index (χ0n) is 18.1. The van der Waals surface area contributed by atoms with Gasteiger partial charge in [0.15, 0.2) is 6.61 Å². The average Bonchev–Trinajstić information content (AvgIpc) is 3.46. The molecule has 3 aromatic rings. The molecule has 2 aromatic heterocycles. The number of esters is 1. The Kier molecular flexibility index (Phi) is 7.80. The van der Waals surface area contributed by atoms with E-state index in [0.717, 1.165) is 5.56 Å². The molecule has 1 aromatic carbocycles. The lowest BCUT2D eigenvalue weighted by atomic mass is 10.2. The van der Waals surface area contributed by atoms with Crippen molar-refractivity contribution in [1.29, 1.82) is 0 Å². The normalized spacial score (nSPS) is 10.6. The van der Waals surface area contributed by atoms with Gasteiger partial charge < -0.3 is 19.4 Å². The van der Waals surface area contributed by atoms with Crippen molar-refractivity contribution in [3.05, 3.63) is 71.9 Å². The summed E-state index contributed by atoms with van der Waals surface area (Å²) < 4.78 is 12.2. The van der Waals surface area contributed by atoms with Crippen LogP contribution in [0.4, 0.5) is 5.69 Å². The van der Waals surface area contributed by atoms with Crippen LogP contribution >= 0.6 is 0 Å². The smallest absolute Gasteiger partial charge is 0.374 e. The van der Waals surface area contributed by atoms with Crippen LogP contribution in [-0.4, -0.2) is 52.2 Å². The monoisotopic (exact) mass is 438 g/mol. The number of aromatic nitrogens is 2. The van der Waals surface area contributed by atoms with E-state index < -0.39 is 18.5 Å². The van der Waals surface area contributed by atoms with Crippen LogP contribution in [0, 0.1) is 6.92 Å². The van der Waals surface area contributed by atoms with Crippen LogP contribution in [0.3, 0.4) is 0 Å². The van der Waals surface area contributed by atoms with Gasteiger partial charge in [-0.1, -0.05) is 25.1 Å². The summed E-state index contributed by atoms with van der Waals surface area (Å²) in [5.41, 5.74) is 1.62. The van der Waals surface area contributed by atoms with Crippen LogP contribution in [0.1, 0.15) is 35.2 Å². The summed E-state index contributed by atoms with van der Waals surface area (Å²) in [4.78, 5) is 38.6. The molecule has 0 aliphatic carbocycles. The molecule has 0 atom stereocenters. The molecule has 1 N–H and O–H groups in total. The molecule has 0 spiro atoms. The van der Waals surface area contributed by atoms with Crippen molar-refractivity contribution >= 4 is 23.5 Å². The Hall–Kier alpha value is -3.88. The summed E-state index contributed by atoms with van der Waals surface area (Å²) in [5.74, 6) is -0.984. The predicted molar refractivity (Wildman–Crippen MR) is 117 cm³/mol. The maximum atomic E-state index is 12.6. The Labute approximate surface area is 186 Å². The molecule has 0 saturated carbocycles. The first kappa shape index (κ1) is 22.8. The lowest BCUT2D eigenvalue weighted by molar-refractivity contribution is -0.137. The molecule has 0 fully saturated rings. The van der Waals surface area contributed by atoms with E-state index in [1.807, 2.05) is 32.0 Å². The fourth-order valence-electron chi connectivity index (χ4n) is 3.05. The van der Waals surface area contributed by atoms with E-state index in [1.165, 1.54) is 11.0 Å². The second-order valence-electron chi connectivity index (χ2n) is 7.22. The number of benzene rings is 1.